The van der Waals surface area contributed by atoms with Crippen molar-refractivity contribution in [3.8, 4) is 0 Å². The van der Waals surface area contributed by atoms with Crippen LogP contribution in [-0.2, 0) is 16.6 Å². The molecule has 0 aliphatic carbocycles. The molecule has 21 heavy (non-hydrogen) atoms. The molecule has 1 saturated heterocycles. The molecule has 5 nitrogen and oxygen atoms in total. The number of likely N-dealkylation sites (tertiary alicyclic amines) is 1. The van der Waals surface area contributed by atoms with Crippen molar-refractivity contribution in [2.24, 2.45) is 5.73 Å². The van der Waals surface area contributed by atoms with E-state index >= 15 is 0 Å². The number of piperidine rings is 1. The van der Waals surface area contributed by atoms with Crippen molar-refractivity contribution in [3.63, 3.8) is 0 Å². The molecule has 7 heteroatoms. The van der Waals surface area contributed by atoms with E-state index in [1.807, 2.05) is 12.1 Å². The van der Waals surface area contributed by atoms with E-state index in [4.69, 9.17) is 5.73 Å². The fourth-order valence-electron chi connectivity index (χ4n) is 2.47. The normalized spacial score (nSPS) is 20.3. The predicted octanol–water partition coefficient (Wildman–Crippen LogP) is 1.28. The lowest BCUT2D eigenvalue weighted by molar-refractivity contribution is 0.201. The van der Waals surface area contributed by atoms with Crippen molar-refractivity contribution in [1.82, 2.24) is 9.21 Å². The minimum atomic E-state index is -3.34. The van der Waals surface area contributed by atoms with E-state index in [-0.39, 0.29) is 18.4 Å². The number of halogens is 1. The van der Waals surface area contributed by atoms with Crippen LogP contribution in [0.1, 0.15) is 18.4 Å². The minimum Gasteiger partial charge on any atom is -0.327 e. The van der Waals surface area contributed by atoms with Gasteiger partial charge in [-0.2, -0.15) is 0 Å². The lowest BCUT2D eigenvalue weighted by atomic mass is 10.1. The van der Waals surface area contributed by atoms with Gasteiger partial charge in [0.05, 0.1) is 4.90 Å². The number of sulfonamides is 1. The number of nitrogens with zero attached hydrogens (tertiary/aromatic N) is 2. The Morgan fingerprint density at radius 1 is 1.29 bits per heavy atom. The van der Waals surface area contributed by atoms with Crippen LogP contribution in [0.4, 0.5) is 0 Å². The SMILES string of the molecule is CN(C)S(=O)(=O)c1ccc(CN2CCC[C@@H](N)C2)cc1.Cl. The van der Waals surface area contributed by atoms with E-state index in [1.54, 1.807) is 26.2 Å². The van der Waals surface area contributed by atoms with Gasteiger partial charge in [0.1, 0.15) is 0 Å². The van der Waals surface area contributed by atoms with E-state index < -0.39 is 10.0 Å². The van der Waals surface area contributed by atoms with Crippen LogP contribution in [-0.4, -0.2) is 50.8 Å². The first kappa shape index (κ1) is 18.4. The van der Waals surface area contributed by atoms with E-state index in [9.17, 15) is 8.42 Å². The Kier molecular flexibility index (Phi) is 6.62. The van der Waals surface area contributed by atoms with E-state index in [0.29, 0.717) is 4.90 Å². The smallest absolute Gasteiger partial charge is 0.242 e. The van der Waals surface area contributed by atoms with Crippen LogP contribution in [0.3, 0.4) is 0 Å². The van der Waals surface area contributed by atoms with Gasteiger partial charge in [-0.1, -0.05) is 12.1 Å². The van der Waals surface area contributed by atoms with Crippen molar-refractivity contribution in [2.75, 3.05) is 27.2 Å². The zero-order valence-corrected chi connectivity index (χ0v) is 14.2. The van der Waals surface area contributed by atoms with Gasteiger partial charge in [-0.05, 0) is 37.1 Å². The van der Waals surface area contributed by atoms with Gasteiger partial charge in [-0.25, -0.2) is 12.7 Å². The summed E-state index contributed by atoms with van der Waals surface area (Å²) >= 11 is 0. The third-order valence-electron chi connectivity index (χ3n) is 3.65. The molecule has 0 bridgehead atoms. The summed E-state index contributed by atoms with van der Waals surface area (Å²) < 4.78 is 25.2. The lowest BCUT2D eigenvalue weighted by Gasteiger charge is -2.30. The molecular formula is C14H24ClN3O2S. The Hall–Kier alpha value is -0.660. The molecule has 0 radical (unpaired) electrons. The average Bonchev–Trinajstić information content (AvgIpc) is 2.39. The average molecular weight is 334 g/mol. The van der Waals surface area contributed by atoms with Crippen LogP contribution in [0, 0.1) is 0 Å². The van der Waals surface area contributed by atoms with E-state index in [1.165, 1.54) is 4.31 Å². The van der Waals surface area contributed by atoms with E-state index in [2.05, 4.69) is 4.90 Å². The maximum atomic E-state index is 12.0. The molecule has 1 heterocycles. The Bertz CT molecular complexity index is 546. The first-order valence-electron chi connectivity index (χ1n) is 6.89. The fourth-order valence-corrected chi connectivity index (χ4v) is 3.37. The zero-order chi connectivity index (χ0) is 14.8. The number of hydrogen-bond acceptors (Lipinski definition) is 4. The predicted molar refractivity (Wildman–Crippen MR) is 87.0 cm³/mol. The van der Waals surface area contributed by atoms with Crippen LogP contribution in [0.25, 0.3) is 0 Å². The van der Waals surface area contributed by atoms with Crippen molar-refractivity contribution < 1.29 is 8.42 Å². The molecule has 0 amide bonds. The number of hydrogen-bond donors (Lipinski definition) is 1. The van der Waals surface area contributed by atoms with E-state index in [0.717, 1.165) is 38.0 Å². The molecule has 1 aliphatic heterocycles. The first-order chi connectivity index (χ1) is 9.39. The van der Waals surface area contributed by atoms with Gasteiger partial charge in [-0.3, -0.25) is 4.90 Å². The maximum Gasteiger partial charge on any atom is 0.242 e. The summed E-state index contributed by atoms with van der Waals surface area (Å²) in [6.07, 6.45) is 2.23. The highest BCUT2D eigenvalue weighted by atomic mass is 35.5. The summed E-state index contributed by atoms with van der Waals surface area (Å²) in [7, 11) is -0.256. The monoisotopic (exact) mass is 333 g/mol. The quantitative estimate of drug-likeness (QED) is 0.901. The second kappa shape index (κ2) is 7.56. The van der Waals surface area contributed by atoms with Crippen LogP contribution in [0.5, 0.6) is 0 Å². The lowest BCUT2D eigenvalue weighted by Crippen LogP contribution is -2.42. The molecular weight excluding hydrogens is 310 g/mol. The molecule has 1 aromatic rings. The minimum absolute atomic E-state index is 0. The molecule has 0 saturated carbocycles. The summed E-state index contributed by atoms with van der Waals surface area (Å²) in [6, 6.07) is 7.38. The number of nitrogens with two attached hydrogens (primary N) is 1. The van der Waals surface area contributed by atoms with Crippen LogP contribution in [0.2, 0.25) is 0 Å². The Labute approximate surface area is 133 Å². The molecule has 0 aromatic heterocycles. The molecule has 1 aliphatic rings. The Morgan fingerprint density at radius 3 is 2.43 bits per heavy atom. The van der Waals surface area contributed by atoms with Crippen LogP contribution >= 0.6 is 12.4 Å². The number of rotatable bonds is 4. The van der Waals surface area contributed by atoms with Crippen LogP contribution < -0.4 is 5.73 Å². The summed E-state index contributed by atoms with van der Waals surface area (Å²) in [5.41, 5.74) is 7.09. The summed E-state index contributed by atoms with van der Waals surface area (Å²) in [5.74, 6) is 0. The van der Waals surface area contributed by atoms with Gasteiger partial charge in [-0.15, -0.1) is 12.4 Å². The second-order valence-electron chi connectivity index (χ2n) is 5.57. The molecule has 0 spiro atoms. The Balaban J connectivity index is 0.00000220. The van der Waals surface area contributed by atoms with Gasteiger partial charge in [0.25, 0.3) is 0 Å². The number of benzene rings is 1. The van der Waals surface area contributed by atoms with Crippen molar-refractivity contribution in [3.05, 3.63) is 29.8 Å². The highest BCUT2D eigenvalue weighted by Gasteiger charge is 2.18. The summed E-state index contributed by atoms with van der Waals surface area (Å²) in [6.45, 7) is 2.80. The molecule has 2 N–H and O–H groups in total. The fraction of sp³-hybridized carbons (Fsp3) is 0.571. The highest BCUT2D eigenvalue weighted by molar-refractivity contribution is 7.89. The van der Waals surface area contributed by atoms with Crippen LogP contribution in [0.15, 0.2) is 29.2 Å². The van der Waals surface area contributed by atoms with Crippen molar-refractivity contribution in [2.45, 2.75) is 30.3 Å². The van der Waals surface area contributed by atoms with Gasteiger partial charge in [0, 0.05) is 33.2 Å². The first-order valence-corrected chi connectivity index (χ1v) is 8.33. The highest BCUT2D eigenvalue weighted by Crippen LogP contribution is 2.16. The van der Waals surface area contributed by atoms with Crippen molar-refractivity contribution >= 4 is 22.4 Å². The van der Waals surface area contributed by atoms with Gasteiger partial charge >= 0.3 is 0 Å². The largest absolute Gasteiger partial charge is 0.327 e. The second-order valence-corrected chi connectivity index (χ2v) is 7.72. The topological polar surface area (TPSA) is 66.6 Å². The molecule has 0 unspecified atom stereocenters. The molecule has 2 rings (SSSR count). The summed E-state index contributed by atoms with van der Waals surface area (Å²) in [4.78, 5) is 2.66. The molecule has 120 valence electrons. The van der Waals surface area contributed by atoms with Gasteiger partial charge < -0.3 is 5.73 Å². The third-order valence-corrected chi connectivity index (χ3v) is 5.48. The van der Waals surface area contributed by atoms with Gasteiger partial charge in [0.15, 0.2) is 0 Å². The maximum absolute atomic E-state index is 12.0. The van der Waals surface area contributed by atoms with Crippen molar-refractivity contribution in [1.29, 1.82) is 0 Å². The zero-order valence-electron chi connectivity index (χ0n) is 12.5. The Morgan fingerprint density at radius 2 is 1.90 bits per heavy atom. The molecule has 1 fully saturated rings. The third kappa shape index (κ3) is 4.66. The molecule has 1 aromatic carbocycles. The standard InChI is InChI=1S/C14H23N3O2S.ClH/c1-16(2)20(18,19)14-7-5-12(6-8-14)10-17-9-3-4-13(15)11-17;/h5-8,13H,3-4,9-11,15H2,1-2H3;1H/t13-;/m1./s1. The summed E-state index contributed by atoms with van der Waals surface area (Å²) in [5, 5.41) is 0. The van der Waals surface area contributed by atoms with Gasteiger partial charge in [0.2, 0.25) is 10.0 Å². The molecule has 1 atom stereocenters.